The first kappa shape index (κ1) is 29.2. The standard InChI is InChI=1S/C12H8.2C6H15P.Pd/c1-3-7-11(8-4-1)12-9-5-2-6-10-12;2*1-4-7(5-2)6-3;/h1-7,9H;2*4-6H2,1-3H3;/q-2;;;+2. The van der Waals surface area contributed by atoms with Crippen molar-refractivity contribution in [3.63, 3.8) is 0 Å². The fourth-order valence-corrected chi connectivity index (χ4v) is 5.15. The number of hydrogen-bond donors (Lipinski definition) is 0. The summed E-state index contributed by atoms with van der Waals surface area (Å²) in [7, 11) is 0.892. The van der Waals surface area contributed by atoms with E-state index in [0.717, 1.165) is 11.1 Å². The molecule has 2 aromatic rings. The third-order valence-corrected chi connectivity index (χ3v) is 9.76. The van der Waals surface area contributed by atoms with Crippen LogP contribution in [-0.4, -0.2) is 37.0 Å². The van der Waals surface area contributed by atoms with Gasteiger partial charge in [0, 0.05) is 0 Å². The summed E-state index contributed by atoms with van der Waals surface area (Å²) >= 11 is 0. The zero-order chi connectivity index (χ0) is 19.6. The van der Waals surface area contributed by atoms with Crippen LogP contribution in [0.1, 0.15) is 41.5 Å². The van der Waals surface area contributed by atoms with Crippen molar-refractivity contribution >= 4 is 15.8 Å². The molecule has 3 heteroatoms. The van der Waals surface area contributed by atoms with E-state index in [2.05, 4.69) is 53.7 Å². The van der Waals surface area contributed by atoms with E-state index in [0.29, 0.717) is 15.8 Å². The SMILES string of the molecule is CCP(CC)CC.CCP(CC)CC.[Pd+2].[c-]1ccccc1-c1[c-]cccc1. The Bertz CT molecular complexity index is 448. The van der Waals surface area contributed by atoms with Crippen molar-refractivity contribution in [2.24, 2.45) is 0 Å². The van der Waals surface area contributed by atoms with Crippen LogP contribution in [0.2, 0.25) is 0 Å². The molecule has 0 aliphatic carbocycles. The van der Waals surface area contributed by atoms with Crippen LogP contribution >= 0.6 is 15.8 Å². The monoisotopic (exact) mass is 494 g/mol. The smallest absolute Gasteiger partial charge is 0.226 e. The predicted octanol–water partition coefficient (Wildman–Crippen LogP) is 8.01. The topological polar surface area (TPSA) is 0 Å². The molecule has 2 aromatic carbocycles. The van der Waals surface area contributed by atoms with Gasteiger partial charge in [-0.2, -0.15) is 48.5 Å². The van der Waals surface area contributed by atoms with Crippen LogP contribution in [0.25, 0.3) is 11.1 Å². The molecule has 0 aliphatic heterocycles. The van der Waals surface area contributed by atoms with Crippen LogP contribution in [0, 0.1) is 12.1 Å². The van der Waals surface area contributed by atoms with E-state index in [-0.39, 0.29) is 20.4 Å². The summed E-state index contributed by atoms with van der Waals surface area (Å²) in [6.07, 6.45) is 8.51. The quantitative estimate of drug-likeness (QED) is 0.208. The Labute approximate surface area is 186 Å². The van der Waals surface area contributed by atoms with E-state index >= 15 is 0 Å². The maximum absolute atomic E-state index is 3.15. The fourth-order valence-electron chi connectivity index (χ4n) is 2.46. The number of rotatable bonds is 7. The molecule has 0 heterocycles. The Morgan fingerprint density at radius 1 is 0.556 bits per heavy atom. The second kappa shape index (κ2) is 20.7. The molecule has 0 amide bonds. The van der Waals surface area contributed by atoms with Gasteiger partial charge in [-0.3, -0.25) is 0 Å². The molecule has 0 atom stereocenters. The minimum atomic E-state index is 0. The maximum Gasteiger partial charge on any atom is 2.00 e. The largest absolute Gasteiger partial charge is 2.00 e. The Morgan fingerprint density at radius 2 is 0.852 bits per heavy atom. The summed E-state index contributed by atoms with van der Waals surface area (Å²) in [5.41, 5.74) is 2.19. The number of benzene rings is 2. The molecule has 0 aliphatic rings. The van der Waals surface area contributed by atoms with Crippen molar-refractivity contribution in [3.05, 3.63) is 60.7 Å². The molecule has 0 spiro atoms. The maximum atomic E-state index is 3.15. The minimum absolute atomic E-state index is 0. The molecule has 0 saturated heterocycles. The van der Waals surface area contributed by atoms with Gasteiger partial charge in [-0.15, -0.1) is 28.0 Å². The number of hydrogen-bond acceptors (Lipinski definition) is 0. The third kappa shape index (κ3) is 14.6. The molecule has 2 rings (SSSR count). The zero-order valence-corrected chi connectivity index (χ0v) is 21.4. The zero-order valence-electron chi connectivity index (χ0n) is 18.1. The Kier molecular flexibility index (Phi) is 22.4. The van der Waals surface area contributed by atoms with Crippen LogP contribution in [0.4, 0.5) is 0 Å². The summed E-state index contributed by atoms with van der Waals surface area (Å²) in [5, 5.41) is 0. The molecular formula is C24H38P2Pd. The van der Waals surface area contributed by atoms with Gasteiger partial charge < -0.3 is 0 Å². The van der Waals surface area contributed by atoms with Gasteiger partial charge in [0.15, 0.2) is 0 Å². The van der Waals surface area contributed by atoms with Crippen molar-refractivity contribution in [1.29, 1.82) is 0 Å². The summed E-state index contributed by atoms with van der Waals surface area (Å²) < 4.78 is 0. The summed E-state index contributed by atoms with van der Waals surface area (Å²) in [5.74, 6) is 0. The molecular weight excluding hydrogens is 457 g/mol. The van der Waals surface area contributed by atoms with Crippen LogP contribution in [0.15, 0.2) is 48.5 Å². The first-order chi connectivity index (χ1) is 12.7. The van der Waals surface area contributed by atoms with Crippen molar-refractivity contribution in [2.75, 3.05) is 37.0 Å². The first-order valence-corrected chi connectivity index (χ1v) is 13.8. The van der Waals surface area contributed by atoms with Crippen LogP contribution in [0.5, 0.6) is 0 Å². The molecule has 0 aromatic heterocycles. The van der Waals surface area contributed by atoms with Crippen molar-refractivity contribution in [2.45, 2.75) is 41.5 Å². The second-order valence-corrected chi connectivity index (χ2v) is 12.3. The van der Waals surface area contributed by atoms with E-state index in [1.807, 2.05) is 48.5 Å². The van der Waals surface area contributed by atoms with Gasteiger partial charge in [-0.05, 0) is 37.0 Å². The normalized spacial score (nSPS) is 9.63. The van der Waals surface area contributed by atoms with Crippen LogP contribution < -0.4 is 0 Å². The molecule has 0 saturated carbocycles. The minimum Gasteiger partial charge on any atom is -0.226 e. The van der Waals surface area contributed by atoms with E-state index in [9.17, 15) is 0 Å². The third-order valence-electron chi connectivity index (χ3n) is 4.39. The summed E-state index contributed by atoms with van der Waals surface area (Å²) in [6.45, 7) is 13.7. The van der Waals surface area contributed by atoms with E-state index < -0.39 is 0 Å². The molecule has 0 bridgehead atoms. The van der Waals surface area contributed by atoms with Gasteiger partial charge in [0.25, 0.3) is 0 Å². The Hall–Kier alpha value is -0.0377. The van der Waals surface area contributed by atoms with Crippen molar-refractivity contribution in [3.8, 4) is 11.1 Å². The summed E-state index contributed by atoms with van der Waals surface area (Å²) in [4.78, 5) is 0. The fraction of sp³-hybridized carbons (Fsp3) is 0.500. The van der Waals surface area contributed by atoms with Gasteiger partial charge in [0.05, 0.1) is 0 Å². The van der Waals surface area contributed by atoms with E-state index in [1.54, 1.807) is 0 Å². The molecule has 0 radical (unpaired) electrons. The van der Waals surface area contributed by atoms with Gasteiger partial charge in [-0.25, -0.2) is 11.1 Å². The van der Waals surface area contributed by atoms with Crippen LogP contribution in [0.3, 0.4) is 0 Å². The van der Waals surface area contributed by atoms with Gasteiger partial charge >= 0.3 is 20.4 Å². The second-order valence-electron chi connectivity index (χ2n) is 5.79. The van der Waals surface area contributed by atoms with Crippen LogP contribution in [-0.2, 0) is 20.4 Å². The predicted molar refractivity (Wildman–Crippen MR) is 127 cm³/mol. The van der Waals surface area contributed by atoms with Crippen molar-refractivity contribution in [1.82, 2.24) is 0 Å². The molecule has 0 nitrogen and oxygen atoms in total. The van der Waals surface area contributed by atoms with E-state index in [4.69, 9.17) is 0 Å². The summed E-state index contributed by atoms with van der Waals surface area (Å²) in [6, 6.07) is 22.1. The van der Waals surface area contributed by atoms with Crippen molar-refractivity contribution < 1.29 is 20.4 Å². The molecule has 0 unspecified atom stereocenters. The Morgan fingerprint density at radius 3 is 1.00 bits per heavy atom. The van der Waals surface area contributed by atoms with Gasteiger partial charge in [-0.1, -0.05) is 41.5 Å². The average Bonchev–Trinajstić information content (AvgIpc) is 2.73. The molecule has 154 valence electrons. The van der Waals surface area contributed by atoms with Gasteiger partial charge in [0.1, 0.15) is 0 Å². The molecule has 0 N–H and O–H groups in total. The first-order valence-electron chi connectivity index (χ1n) is 10.0. The van der Waals surface area contributed by atoms with E-state index in [1.165, 1.54) is 37.0 Å². The average molecular weight is 495 g/mol. The molecule has 0 fully saturated rings. The molecule has 27 heavy (non-hydrogen) atoms. The van der Waals surface area contributed by atoms with Gasteiger partial charge in [0.2, 0.25) is 0 Å². The Balaban J connectivity index is 0.